The van der Waals surface area contributed by atoms with Crippen molar-refractivity contribution in [3.8, 4) is 0 Å². The molecule has 0 amide bonds. The maximum absolute atomic E-state index is 3.40. The summed E-state index contributed by atoms with van der Waals surface area (Å²) in [6, 6.07) is 9.23. The molecule has 0 radical (unpaired) electrons. The van der Waals surface area contributed by atoms with Gasteiger partial charge in [0.1, 0.15) is 0 Å². The van der Waals surface area contributed by atoms with Crippen LogP contribution in [-0.2, 0) is 0 Å². The molecule has 3 rings (SSSR count). The smallest absolute Gasteiger partial charge is 0.0541 e. The van der Waals surface area contributed by atoms with Crippen molar-refractivity contribution in [1.82, 2.24) is 10.2 Å². The Bertz CT molecular complexity index is 383. The molecule has 1 atom stereocenters. The van der Waals surface area contributed by atoms with Gasteiger partial charge in [-0.05, 0) is 11.1 Å². The largest absolute Gasteiger partial charge is 0.314 e. The molecule has 1 aromatic rings. The van der Waals surface area contributed by atoms with Crippen molar-refractivity contribution in [3.05, 3.63) is 41.5 Å². The fraction of sp³-hybridized carbons (Fsp3) is 0.385. The second-order valence-electron chi connectivity index (χ2n) is 4.22. The summed E-state index contributed by atoms with van der Waals surface area (Å²) in [6.45, 7) is 4.55. The number of rotatable bonds is 1. The van der Waals surface area contributed by atoms with E-state index in [0.717, 1.165) is 26.2 Å². The van der Waals surface area contributed by atoms with E-state index in [1.807, 2.05) is 0 Å². The third kappa shape index (κ3) is 2.01. The molecule has 1 aliphatic carbocycles. The van der Waals surface area contributed by atoms with Crippen LogP contribution in [0.4, 0.5) is 0 Å². The molecule has 1 saturated heterocycles. The van der Waals surface area contributed by atoms with Gasteiger partial charge in [-0.1, -0.05) is 36.4 Å². The molecule has 16 heavy (non-hydrogen) atoms. The van der Waals surface area contributed by atoms with Gasteiger partial charge in [0.05, 0.1) is 6.04 Å². The Morgan fingerprint density at radius 2 is 1.88 bits per heavy atom. The fourth-order valence-corrected chi connectivity index (χ4v) is 2.51. The van der Waals surface area contributed by atoms with Crippen molar-refractivity contribution in [2.24, 2.45) is 0 Å². The SMILES string of the molecule is C1=CC(N2CCNCC2)c2ccccc21.Cl. The van der Waals surface area contributed by atoms with Crippen molar-refractivity contribution >= 4 is 18.5 Å². The first-order chi connectivity index (χ1) is 7.45. The summed E-state index contributed by atoms with van der Waals surface area (Å²) in [6.07, 6.45) is 4.58. The second-order valence-corrected chi connectivity index (χ2v) is 4.22. The van der Waals surface area contributed by atoms with Crippen LogP contribution < -0.4 is 5.32 Å². The zero-order valence-electron chi connectivity index (χ0n) is 9.23. The van der Waals surface area contributed by atoms with Crippen molar-refractivity contribution in [1.29, 1.82) is 0 Å². The minimum atomic E-state index is 0. The lowest BCUT2D eigenvalue weighted by molar-refractivity contribution is 0.205. The van der Waals surface area contributed by atoms with Crippen LogP contribution in [-0.4, -0.2) is 31.1 Å². The van der Waals surface area contributed by atoms with Crippen molar-refractivity contribution in [2.75, 3.05) is 26.2 Å². The van der Waals surface area contributed by atoms with E-state index in [4.69, 9.17) is 0 Å². The number of nitrogens with zero attached hydrogens (tertiary/aromatic N) is 1. The zero-order chi connectivity index (χ0) is 10.1. The standard InChI is InChI=1S/C13H16N2.ClH/c1-2-4-12-11(3-1)5-6-13(12)15-9-7-14-8-10-15;/h1-6,13-14H,7-10H2;1H. The first kappa shape index (κ1) is 11.6. The van der Waals surface area contributed by atoms with Crippen LogP contribution >= 0.6 is 12.4 Å². The fourth-order valence-electron chi connectivity index (χ4n) is 2.51. The van der Waals surface area contributed by atoms with Crippen LogP contribution in [0.15, 0.2) is 30.3 Å². The monoisotopic (exact) mass is 236 g/mol. The van der Waals surface area contributed by atoms with Gasteiger partial charge in [-0.3, -0.25) is 4.90 Å². The zero-order valence-corrected chi connectivity index (χ0v) is 10.0. The first-order valence-corrected chi connectivity index (χ1v) is 5.67. The number of fused-ring (bicyclic) bond motifs is 1. The summed E-state index contributed by atoms with van der Waals surface area (Å²) in [5.74, 6) is 0. The van der Waals surface area contributed by atoms with Gasteiger partial charge in [0.25, 0.3) is 0 Å². The molecule has 1 unspecified atom stereocenters. The molecule has 0 bridgehead atoms. The number of hydrogen-bond acceptors (Lipinski definition) is 2. The molecule has 3 heteroatoms. The predicted molar refractivity (Wildman–Crippen MR) is 69.9 cm³/mol. The Labute approximate surface area is 103 Å². The number of hydrogen-bond donors (Lipinski definition) is 1. The van der Waals surface area contributed by atoms with Crippen LogP contribution in [0.2, 0.25) is 0 Å². The average Bonchev–Trinajstić information content (AvgIpc) is 2.74. The number of nitrogens with one attached hydrogen (secondary N) is 1. The molecule has 1 heterocycles. The lowest BCUT2D eigenvalue weighted by atomic mass is 10.1. The van der Waals surface area contributed by atoms with Crippen molar-refractivity contribution < 1.29 is 0 Å². The van der Waals surface area contributed by atoms with E-state index < -0.39 is 0 Å². The highest BCUT2D eigenvalue weighted by atomic mass is 35.5. The van der Waals surface area contributed by atoms with Gasteiger partial charge in [0, 0.05) is 26.2 Å². The molecule has 0 aromatic heterocycles. The average molecular weight is 237 g/mol. The van der Waals surface area contributed by atoms with Gasteiger partial charge in [-0.2, -0.15) is 0 Å². The van der Waals surface area contributed by atoms with E-state index in [1.165, 1.54) is 11.1 Å². The highest BCUT2D eigenvalue weighted by Gasteiger charge is 2.24. The van der Waals surface area contributed by atoms with Crippen LogP contribution in [0, 0.1) is 0 Å². The molecular weight excluding hydrogens is 220 g/mol. The minimum absolute atomic E-state index is 0. The van der Waals surface area contributed by atoms with Crippen LogP contribution in [0.25, 0.3) is 6.08 Å². The Hall–Kier alpha value is -0.830. The van der Waals surface area contributed by atoms with Crippen molar-refractivity contribution in [2.45, 2.75) is 6.04 Å². The molecule has 1 fully saturated rings. The molecule has 1 aromatic carbocycles. The summed E-state index contributed by atoms with van der Waals surface area (Å²) in [4.78, 5) is 2.55. The second kappa shape index (κ2) is 5.00. The van der Waals surface area contributed by atoms with E-state index in [-0.39, 0.29) is 12.4 Å². The normalized spacial score (nSPS) is 23.9. The molecular formula is C13H17ClN2. The van der Waals surface area contributed by atoms with Gasteiger partial charge in [-0.15, -0.1) is 12.4 Å². The van der Waals surface area contributed by atoms with Gasteiger partial charge >= 0.3 is 0 Å². The molecule has 1 aliphatic heterocycles. The number of piperazine rings is 1. The minimum Gasteiger partial charge on any atom is -0.314 e. The first-order valence-electron chi connectivity index (χ1n) is 5.67. The topological polar surface area (TPSA) is 15.3 Å². The van der Waals surface area contributed by atoms with Crippen LogP contribution in [0.5, 0.6) is 0 Å². The van der Waals surface area contributed by atoms with Crippen LogP contribution in [0.1, 0.15) is 17.2 Å². The maximum Gasteiger partial charge on any atom is 0.0541 e. The Balaban J connectivity index is 0.000000963. The molecule has 2 aliphatic rings. The summed E-state index contributed by atoms with van der Waals surface area (Å²) in [7, 11) is 0. The van der Waals surface area contributed by atoms with Crippen LogP contribution in [0.3, 0.4) is 0 Å². The predicted octanol–water partition coefficient (Wildman–Crippen LogP) is 2.08. The molecule has 2 nitrogen and oxygen atoms in total. The quantitative estimate of drug-likeness (QED) is 0.803. The highest BCUT2D eigenvalue weighted by molar-refractivity contribution is 5.85. The third-order valence-electron chi connectivity index (χ3n) is 3.32. The highest BCUT2D eigenvalue weighted by Crippen LogP contribution is 2.32. The summed E-state index contributed by atoms with van der Waals surface area (Å²) >= 11 is 0. The lowest BCUT2D eigenvalue weighted by Gasteiger charge is -2.32. The van der Waals surface area contributed by atoms with Crippen molar-refractivity contribution in [3.63, 3.8) is 0 Å². The Morgan fingerprint density at radius 3 is 2.69 bits per heavy atom. The van der Waals surface area contributed by atoms with Gasteiger partial charge < -0.3 is 5.32 Å². The molecule has 0 saturated carbocycles. The van der Waals surface area contributed by atoms with Gasteiger partial charge in [0.15, 0.2) is 0 Å². The summed E-state index contributed by atoms with van der Waals surface area (Å²) in [5, 5.41) is 3.40. The molecule has 0 spiro atoms. The van der Waals surface area contributed by atoms with E-state index in [2.05, 4.69) is 46.6 Å². The maximum atomic E-state index is 3.40. The van der Waals surface area contributed by atoms with Gasteiger partial charge in [0.2, 0.25) is 0 Å². The Morgan fingerprint density at radius 1 is 1.12 bits per heavy atom. The van der Waals surface area contributed by atoms with E-state index in [9.17, 15) is 0 Å². The Kier molecular flexibility index (Phi) is 3.64. The summed E-state index contributed by atoms with van der Waals surface area (Å²) in [5.41, 5.74) is 2.86. The van der Waals surface area contributed by atoms with E-state index >= 15 is 0 Å². The summed E-state index contributed by atoms with van der Waals surface area (Å²) < 4.78 is 0. The lowest BCUT2D eigenvalue weighted by Crippen LogP contribution is -2.44. The van der Waals surface area contributed by atoms with E-state index in [1.54, 1.807) is 0 Å². The number of benzene rings is 1. The molecule has 86 valence electrons. The van der Waals surface area contributed by atoms with E-state index in [0.29, 0.717) is 6.04 Å². The third-order valence-corrected chi connectivity index (χ3v) is 3.32. The molecule has 1 N–H and O–H groups in total. The van der Waals surface area contributed by atoms with Gasteiger partial charge in [-0.25, -0.2) is 0 Å². The number of halogens is 1.